The Balaban J connectivity index is 1.50. The van der Waals surface area contributed by atoms with Crippen LogP contribution >= 0.6 is 11.8 Å². The summed E-state index contributed by atoms with van der Waals surface area (Å²) in [5.41, 5.74) is 3.07. The molecule has 2 N–H and O–H groups in total. The molecule has 0 spiro atoms. The van der Waals surface area contributed by atoms with Gasteiger partial charge < -0.3 is 20.1 Å². The second-order valence-corrected chi connectivity index (χ2v) is 10.9. The Morgan fingerprint density at radius 3 is 2.25 bits per heavy atom. The van der Waals surface area contributed by atoms with Gasteiger partial charge in [-0.3, -0.25) is 14.2 Å². The number of anilines is 1. The molecule has 0 aliphatic heterocycles. The third-order valence-electron chi connectivity index (χ3n) is 6.15. The number of benzene rings is 3. The van der Waals surface area contributed by atoms with Gasteiger partial charge in [-0.2, -0.15) is 0 Å². The molecule has 208 valence electrons. The Labute approximate surface area is 238 Å². The maximum Gasteiger partial charge on any atom is 0.251 e. The highest BCUT2D eigenvalue weighted by molar-refractivity contribution is 7.99. The predicted octanol–water partition coefficient (Wildman–Crippen LogP) is 5.24. The summed E-state index contributed by atoms with van der Waals surface area (Å²) >= 11 is 1.24. The molecule has 2 amide bonds. The Bertz CT molecular complexity index is 1460. The number of carbonyl (C=O) groups is 2. The van der Waals surface area contributed by atoms with Crippen molar-refractivity contribution in [3.8, 4) is 17.2 Å². The first-order chi connectivity index (χ1) is 19.2. The molecule has 1 aromatic heterocycles. The van der Waals surface area contributed by atoms with Gasteiger partial charge in [-0.1, -0.05) is 56.8 Å². The molecule has 0 aliphatic carbocycles. The van der Waals surface area contributed by atoms with Crippen LogP contribution < -0.4 is 20.1 Å². The van der Waals surface area contributed by atoms with E-state index < -0.39 is 0 Å². The lowest BCUT2D eigenvalue weighted by molar-refractivity contribution is -0.113. The minimum absolute atomic E-state index is 0.000220. The summed E-state index contributed by atoms with van der Waals surface area (Å²) in [6.45, 7) is 6.52. The van der Waals surface area contributed by atoms with Gasteiger partial charge in [0.25, 0.3) is 5.91 Å². The van der Waals surface area contributed by atoms with Crippen LogP contribution in [0.4, 0.5) is 5.69 Å². The zero-order chi connectivity index (χ0) is 28.7. The Morgan fingerprint density at radius 2 is 1.60 bits per heavy atom. The zero-order valence-electron chi connectivity index (χ0n) is 23.2. The van der Waals surface area contributed by atoms with E-state index in [2.05, 4.69) is 41.6 Å². The minimum atomic E-state index is -0.219. The molecule has 0 fully saturated rings. The fraction of sp³-hybridized carbons (Fsp3) is 0.267. The van der Waals surface area contributed by atoms with Crippen molar-refractivity contribution in [3.63, 3.8) is 0 Å². The predicted molar refractivity (Wildman–Crippen MR) is 157 cm³/mol. The van der Waals surface area contributed by atoms with Crippen LogP contribution in [0.3, 0.4) is 0 Å². The molecule has 4 aromatic rings. The summed E-state index contributed by atoms with van der Waals surface area (Å²) in [4.78, 5) is 25.6. The molecule has 10 heteroatoms. The number of ether oxygens (including phenoxy) is 2. The van der Waals surface area contributed by atoms with Crippen LogP contribution in [0, 0.1) is 0 Å². The van der Waals surface area contributed by atoms with E-state index >= 15 is 0 Å². The van der Waals surface area contributed by atoms with E-state index in [1.54, 1.807) is 43.1 Å². The summed E-state index contributed by atoms with van der Waals surface area (Å²) in [5.74, 6) is 1.51. The monoisotopic (exact) mass is 559 g/mol. The number of hydrogen-bond acceptors (Lipinski definition) is 7. The molecular weight excluding hydrogens is 526 g/mol. The number of amides is 2. The quantitative estimate of drug-likeness (QED) is 0.256. The van der Waals surface area contributed by atoms with Gasteiger partial charge in [0, 0.05) is 11.3 Å². The second kappa shape index (κ2) is 12.7. The number of para-hydroxylation sites is 2. The topological polar surface area (TPSA) is 107 Å². The van der Waals surface area contributed by atoms with Gasteiger partial charge in [0.2, 0.25) is 5.91 Å². The van der Waals surface area contributed by atoms with E-state index in [-0.39, 0.29) is 29.5 Å². The number of carbonyl (C=O) groups excluding carboxylic acids is 2. The van der Waals surface area contributed by atoms with Crippen molar-refractivity contribution in [2.75, 3.05) is 25.3 Å². The number of nitrogens with zero attached hydrogens (tertiary/aromatic N) is 3. The number of methoxy groups -OCH3 is 2. The van der Waals surface area contributed by atoms with E-state index in [9.17, 15) is 9.59 Å². The lowest BCUT2D eigenvalue weighted by atomic mass is 9.87. The average Bonchev–Trinajstić information content (AvgIpc) is 3.37. The molecule has 0 bridgehead atoms. The van der Waals surface area contributed by atoms with Gasteiger partial charge >= 0.3 is 0 Å². The molecule has 0 saturated heterocycles. The first-order valence-corrected chi connectivity index (χ1v) is 13.7. The van der Waals surface area contributed by atoms with Gasteiger partial charge in [-0.15, -0.1) is 10.2 Å². The summed E-state index contributed by atoms with van der Waals surface area (Å²) < 4.78 is 12.5. The van der Waals surface area contributed by atoms with Crippen molar-refractivity contribution >= 4 is 29.3 Å². The lowest BCUT2D eigenvalue weighted by Crippen LogP contribution is -2.25. The van der Waals surface area contributed by atoms with Crippen molar-refractivity contribution in [2.45, 2.75) is 37.9 Å². The highest BCUT2D eigenvalue weighted by atomic mass is 32.2. The van der Waals surface area contributed by atoms with E-state index in [4.69, 9.17) is 9.47 Å². The zero-order valence-corrected chi connectivity index (χ0v) is 24.0. The maximum absolute atomic E-state index is 12.9. The van der Waals surface area contributed by atoms with Gasteiger partial charge in [-0.05, 0) is 59.5 Å². The fourth-order valence-electron chi connectivity index (χ4n) is 3.95. The van der Waals surface area contributed by atoms with Crippen LogP contribution in [-0.4, -0.2) is 46.6 Å². The third kappa shape index (κ3) is 7.01. The normalized spacial score (nSPS) is 11.1. The highest BCUT2D eigenvalue weighted by Crippen LogP contribution is 2.29. The minimum Gasteiger partial charge on any atom is -0.497 e. The van der Waals surface area contributed by atoms with E-state index in [1.165, 1.54) is 11.8 Å². The number of hydrogen-bond donors (Lipinski definition) is 2. The lowest BCUT2D eigenvalue weighted by Gasteiger charge is -2.19. The Kier molecular flexibility index (Phi) is 9.11. The smallest absolute Gasteiger partial charge is 0.251 e. The van der Waals surface area contributed by atoms with Crippen molar-refractivity contribution in [1.29, 1.82) is 0 Å². The molecule has 4 rings (SSSR count). The summed E-state index contributed by atoms with van der Waals surface area (Å²) in [6.07, 6.45) is 0. The number of thioether (sulfide) groups is 1. The van der Waals surface area contributed by atoms with Crippen molar-refractivity contribution in [2.24, 2.45) is 0 Å². The fourth-order valence-corrected chi connectivity index (χ4v) is 4.71. The van der Waals surface area contributed by atoms with Gasteiger partial charge in [-0.25, -0.2) is 0 Å². The van der Waals surface area contributed by atoms with Gasteiger partial charge in [0.1, 0.15) is 11.5 Å². The van der Waals surface area contributed by atoms with E-state index in [0.717, 1.165) is 5.56 Å². The van der Waals surface area contributed by atoms with Crippen LogP contribution in [0.15, 0.2) is 78.0 Å². The summed E-state index contributed by atoms with van der Waals surface area (Å²) in [7, 11) is 3.17. The molecule has 0 atom stereocenters. The molecule has 9 nitrogen and oxygen atoms in total. The molecule has 1 heterocycles. The second-order valence-electron chi connectivity index (χ2n) is 9.98. The Morgan fingerprint density at radius 1 is 0.900 bits per heavy atom. The van der Waals surface area contributed by atoms with Crippen LogP contribution in [0.1, 0.15) is 42.5 Å². The number of nitrogens with one attached hydrogen (secondary N) is 2. The van der Waals surface area contributed by atoms with Crippen molar-refractivity contribution < 1.29 is 19.1 Å². The average molecular weight is 560 g/mol. The first kappa shape index (κ1) is 28.7. The van der Waals surface area contributed by atoms with Crippen LogP contribution in [0.5, 0.6) is 11.5 Å². The highest BCUT2D eigenvalue weighted by Gasteiger charge is 2.20. The van der Waals surface area contributed by atoms with Crippen LogP contribution in [-0.2, 0) is 16.8 Å². The largest absolute Gasteiger partial charge is 0.497 e. The standard InChI is InChI=1S/C30H33N5O4S/c1-30(2,3)21-12-10-20(11-13-21)28(37)31-18-26-33-34-29(35(26)24-8-6-7-9-25(24)39-5)40-19-27(36)32-22-14-16-23(38-4)17-15-22/h6-17H,18-19H2,1-5H3,(H,31,37)(H,32,36). The van der Waals surface area contributed by atoms with Crippen LogP contribution in [0.2, 0.25) is 0 Å². The van der Waals surface area contributed by atoms with E-state index in [1.807, 2.05) is 48.5 Å². The SMILES string of the molecule is COc1ccc(NC(=O)CSc2nnc(CNC(=O)c3ccc(C(C)(C)C)cc3)n2-c2ccccc2OC)cc1. The van der Waals surface area contributed by atoms with Crippen molar-refractivity contribution in [1.82, 2.24) is 20.1 Å². The Hall–Kier alpha value is -4.31. The molecule has 40 heavy (non-hydrogen) atoms. The molecule has 0 aliphatic rings. The van der Waals surface area contributed by atoms with E-state index in [0.29, 0.717) is 39.4 Å². The molecular formula is C30H33N5O4S. The number of aromatic nitrogens is 3. The maximum atomic E-state index is 12.9. The summed E-state index contributed by atoms with van der Waals surface area (Å²) in [6, 6.07) is 22.1. The van der Waals surface area contributed by atoms with Gasteiger partial charge in [0.05, 0.1) is 32.2 Å². The van der Waals surface area contributed by atoms with Gasteiger partial charge in [0.15, 0.2) is 11.0 Å². The number of rotatable bonds is 10. The van der Waals surface area contributed by atoms with Crippen LogP contribution in [0.25, 0.3) is 5.69 Å². The molecule has 0 radical (unpaired) electrons. The molecule has 3 aromatic carbocycles. The molecule has 0 unspecified atom stereocenters. The summed E-state index contributed by atoms with van der Waals surface area (Å²) in [5, 5.41) is 15.0. The third-order valence-corrected chi connectivity index (χ3v) is 7.08. The molecule has 0 saturated carbocycles. The van der Waals surface area contributed by atoms with Crippen molar-refractivity contribution in [3.05, 3.63) is 89.7 Å². The first-order valence-electron chi connectivity index (χ1n) is 12.7.